The van der Waals surface area contributed by atoms with Crippen molar-refractivity contribution >= 4 is 23.4 Å². The third-order valence-corrected chi connectivity index (χ3v) is 3.57. The normalized spacial score (nSPS) is 12.2. The van der Waals surface area contributed by atoms with Gasteiger partial charge in [-0.3, -0.25) is 4.79 Å². The zero-order chi connectivity index (χ0) is 12.7. The first-order valence-electron chi connectivity index (χ1n) is 5.67. The molecule has 3 nitrogen and oxygen atoms in total. The molecule has 1 aromatic carbocycles. The van der Waals surface area contributed by atoms with Gasteiger partial charge in [0.25, 0.3) is 0 Å². The predicted octanol–water partition coefficient (Wildman–Crippen LogP) is 2.51. The van der Waals surface area contributed by atoms with Crippen molar-refractivity contribution in [2.24, 2.45) is 5.92 Å². The van der Waals surface area contributed by atoms with Gasteiger partial charge in [0.05, 0.1) is 0 Å². The van der Waals surface area contributed by atoms with E-state index in [4.69, 9.17) is 5.11 Å². The molecule has 4 heteroatoms. The number of hydrogen-bond donors (Lipinski definition) is 2. The fourth-order valence-electron chi connectivity index (χ4n) is 1.37. The highest BCUT2D eigenvalue weighted by molar-refractivity contribution is 7.98. The van der Waals surface area contributed by atoms with Crippen LogP contribution in [0.15, 0.2) is 24.3 Å². The lowest BCUT2D eigenvalue weighted by Crippen LogP contribution is -2.06. The van der Waals surface area contributed by atoms with Crippen molar-refractivity contribution in [1.82, 2.24) is 0 Å². The van der Waals surface area contributed by atoms with E-state index in [0.29, 0.717) is 5.92 Å². The van der Waals surface area contributed by atoms with Gasteiger partial charge >= 0.3 is 0 Å². The van der Waals surface area contributed by atoms with E-state index in [9.17, 15) is 4.79 Å². The molecule has 1 unspecified atom stereocenters. The predicted molar refractivity (Wildman–Crippen MR) is 73.2 cm³/mol. The van der Waals surface area contributed by atoms with Crippen LogP contribution < -0.4 is 5.32 Å². The summed E-state index contributed by atoms with van der Waals surface area (Å²) in [6.07, 6.45) is 0. The number of hydrogen-bond acceptors (Lipinski definition) is 3. The molecule has 1 aromatic rings. The number of carbonyl (C=O) groups excluding carboxylic acids is 1. The molecular formula is C13H19NO2S. The van der Waals surface area contributed by atoms with Gasteiger partial charge in [0.1, 0.15) is 0 Å². The summed E-state index contributed by atoms with van der Waals surface area (Å²) in [6.45, 7) is 3.77. The molecule has 0 bridgehead atoms. The molecule has 17 heavy (non-hydrogen) atoms. The number of benzene rings is 1. The smallest absolute Gasteiger partial charge is 0.221 e. The van der Waals surface area contributed by atoms with E-state index in [1.807, 2.05) is 31.2 Å². The van der Waals surface area contributed by atoms with Crippen LogP contribution in [-0.2, 0) is 10.5 Å². The van der Waals surface area contributed by atoms with E-state index in [-0.39, 0.29) is 12.5 Å². The Kier molecular flexibility index (Phi) is 6.08. The summed E-state index contributed by atoms with van der Waals surface area (Å²) < 4.78 is 0. The van der Waals surface area contributed by atoms with Crippen LogP contribution in [0.5, 0.6) is 0 Å². The largest absolute Gasteiger partial charge is 0.396 e. The van der Waals surface area contributed by atoms with Gasteiger partial charge in [-0.15, -0.1) is 0 Å². The molecule has 0 heterocycles. The van der Waals surface area contributed by atoms with Gasteiger partial charge in [-0.2, -0.15) is 11.8 Å². The number of nitrogens with one attached hydrogen (secondary N) is 1. The van der Waals surface area contributed by atoms with Gasteiger partial charge in [-0.25, -0.2) is 0 Å². The maximum atomic E-state index is 10.9. The van der Waals surface area contributed by atoms with Gasteiger partial charge in [-0.1, -0.05) is 19.1 Å². The Balaban J connectivity index is 2.45. The van der Waals surface area contributed by atoms with E-state index in [2.05, 4.69) is 5.32 Å². The average Bonchev–Trinajstić information content (AvgIpc) is 2.28. The fraction of sp³-hybridized carbons (Fsp3) is 0.462. The summed E-state index contributed by atoms with van der Waals surface area (Å²) in [6, 6.07) is 7.85. The molecule has 0 aliphatic carbocycles. The Hall–Kier alpha value is -1.00. The lowest BCUT2D eigenvalue weighted by Gasteiger charge is -2.08. The highest BCUT2D eigenvalue weighted by Crippen LogP contribution is 2.18. The van der Waals surface area contributed by atoms with Crippen LogP contribution >= 0.6 is 11.8 Å². The van der Waals surface area contributed by atoms with E-state index in [0.717, 1.165) is 17.2 Å². The van der Waals surface area contributed by atoms with E-state index >= 15 is 0 Å². The molecule has 0 radical (unpaired) electrons. The Labute approximate surface area is 107 Å². The maximum absolute atomic E-state index is 10.9. The van der Waals surface area contributed by atoms with Crippen LogP contribution in [0, 0.1) is 5.92 Å². The lowest BCUT2D eigenvalue weighted by atomic mass is 10.2. The molecule has 2 N–H and O–H groups in total. The molecular weight excluding hydrogens is 234 g/mol. The fourth-order valence-corrected chi connectivity index (χ4v) is 2.41. The van der Waals surface area contributed by atoms with Crippen LogP contribution in [0.3, 0.4) is 0 Å². The summed E-state index contributed by atoms with van der Waals surface area (Å²) in [5.74, 6) is 2.13. The van der Waals surface area contributed by atoms with Crippen molar-refractivity contribution in [2.45, 2.75) is 19.6 Å². The Bertz CT molecular complexity index is 368. The molecule has 0 spiro atoms. The van der Waals surface area contributed by atoms with Crippen molar-refractivity contribution in [1.29, 1.82) is 0 Å². The van der Waals surface area contributed by atoms with Crippen molar-refractivity contribution in [3.05, 3.63) is 29.8 Å². The van der Waals surface area contributed by atoms with Crippen molar-refractivity contribution in [3.63, 3.8) is 0 Å². The highest BCUT2D eigenvalue weighted by atomic mass is 32.2. The molecule has 94 valence electrons. The molecule has 0 saturated heterocycles. The number of carbonyl (C=O) groups is 1. The molecule has 1 atom stereocenters. The zero-order valence-electron chi connectivity index (χ0n) is 10.3. The van der Waals surface area contributed by atoms with Gasteiger partial charge < -0.3 is 10.4 Å². The van der Waals surface area contributed by atoms with Gasteiger partial charge in [0.2, 0.25) is 5.91 Å². The molecule has 0 aromatic heterocycles. The lowest BCUT2D eigenvalue weighted by molar-refractivity contribution is -0.114. The summed E-state index contributed by atoms with van der Waals surface area (Å²) in [4.78, 5) is 10.9. The van der Waals surface area contributed by atoms with Gasteiger partial charge in [0, 0.05) is 25.0 Å². The Morgan fingerprint density at radius 3 is 2.94 bits per heavy atom. The van der Waals surface area contributed by atoms with E-state index in [1.165, 1.54) is 12.5 Å². The first kappa shape index (κ1) is 14.1. The Morgan fingerprint density at radius 2 is 2.29 bits per heavy atom. The maximum Gasteiger partial charge on any atom is 0.221 e. The van der Waals surface area contributed by atoms with Gasteiger partial charge in [-0.05, 0) is 29.4 Å². The monoisotopic (exact) mass is 253 g/mol. The zero-order valence-corrected chi connectivity index (χ0v) is 11.1. The van der Waals surface area contributed by atoms with Crippen molar-refractivity contribution in [3.8, 4) is 0 Å². The van der Waals surface area contributed by atoms with Crippen molar-refractivity contribution in [2.75, 3.05) is 17.7 Å². The number of aliphatic hydroxyl groups is 1. The minimum Gasteiger partial charge on any atom is -0.396 e. The number of amides is 1. The number of aliphatic hydroxyl groups excluding tert-OH is 1. The summed E-state index contributed by atoms with van der Waals surface area (Å²) >= 11 is 1.79. The molecule has 1 amide bonds. The van der Waals surface area contributed by atoms with Crippen LogP contribution in [0.4, 0.5) is 5.69 Å². The summed E-state index contributed by atoms with van der Waals surface area (Å²) in [7, 11) is 0. The Morgan fingerprint density at radius 1 is 1.53 bits per heavy atom. The second-order valence-electron chi connectivity index (χ2n) is 4.18. The highest BCUT2D eigenvalue weighted by Gasteiger charge is 2.01. The van der Waals surface area contributed by atoms with Gasteiger partial charge in [0.15, 0.2) is 0 Å². The molecule has 0 saturated carbocycles. The number of rotatable bonds is 6. The molecule has 0 fully saturated rings. The topological polar surface area (TPSA) is 49.3 Å². The quantitative estimate of drug-likeness (QED) is 0.819. The second-order valence-corrected chi connectivity index (χ2v) is 5.21. The average molecular weight is 253 g/mol. The van der Waals surface area contributed by atoms with E-state index in [1.54, 1.807) is 11.8 Å². The minimum absolute atomic E-state index is 0.0521. The molecule has 0 aliphatic rings. The van der Waals surface area contributed by atoms with Crippen LogP contribution in [0.25, 0.3) is 0 Å². The number of thioether (sulfide) groups is 1. The van der Waals surface area contributed by atoms with Crippen molar-refractivity contribution < 1.29 is 9.90 Å². The third-order valence-electron chi connectivity index (χ3n) is 2.23. The molecule has 0 aliphatic heterocycles. The van der Waals surface area contributed by atoms with E-state index < -0.39 is 0 Å². The first-order valence-corrected chi connectivity index (χ1v) is 6.82. The number of anilines is 1. The van der Waals surface area contributed by atoms with Crippen LogP contribution in [0.1, 0.15) is 19.4 Å². The second kappa shape index (κ2) is 7.35. The van der Waals surface area contributed by atoms with Crippen LogP contribution in [-0.4, -0.2) is 23.4 Å². The summed E-state index contributed by atoms with van der Waals surface area (Å²) in [5, 5.41) is 11.7. The minimum atomic E-state index is -0.0521. The first-order chi connectivity index (χ1) is 8.11. The molecule has 1 rings (SSSR count). The standard InChI is InChI=1S/C13H19NO2S/c1-10(7-15)8-17-9-12-4-3-5-13(6-12)14-11(2)16/h3-6,10,15H,7-9H2,1-2H3,(H,14,16). The summed E-state index contributed by atoms with van der Waals surface area (Å²) in [5.41, 5.74) is 2.03. The van der Waals surface area contributed by atoms with Crippen LogP contribution in [0.2, 0.25) is 0 Å². The third kappa shape index (κ3) is 5.75. The SMILES string of the molecule is CC(=O)Nc1cccc(CSCC(C)CO)c1.